The van der Waals surface area contributed by atoms with Crippen molar-refractivity contribution < 1.29 is 53.1 Å². The molecular weight excluding hydrogens is 1050 g/mol. The molecule has 0 bridgehead atoms. The number of rotatable bonds is 8. The third-order valence-electron chi connectivity index (χ3n) is 10.0. The molecule has 0 spiro atoms. The van der Waals surface area contributed by atoms with Crippen LogP contribution in [0.2, 0.25) is 0 Å². The van der Waals surface area contributed by atoms with Crippen LogP contribution in [0.25, 0.3) is 4.72 Å². The first-order chi connectivity index (χ1) is 30.8. The second kappa shape index (κ2) is 25.8. The number of hydrogen-bond acceptors (Lipinski definition) is 4. The first kappa shape index (κ1) is 58.7. The van der Waals surface area contributed by atoms with Crippen molar-refractivity contribution in [2.75, 3.05) is 5.34 Å². The van der Waals surface area contributed by atoms with Crippen LogP contribution >= 0.6 is 38.9 Å². The maximum atomic E-state index is 12.5. The van der Waals surface area contributed by atoms with Gasteiger partial charge < -0.3 is 4.72 Å². The van der Waals surface area contributed by atoms with Gasteiger partial charge in [-0.3, -0.25) is 0 Å². The minimum atomic E-state index is -10.7. The van der Waals surface area contributed by atoms with Gasteiger partial charge in [0.05, 0.1) is 29.5 Å². The maximum absolute atomic E-state index is 12.5. The number of benzene rings is 7. The van der Waals surface area contributed by atoms with Crippen LogP contribution < -0.4 is 15.9 Å². The van der Waals surface area contributed by atoms with Crippen LogP contribution in [0.4, 0.5) is 42.2 Å². The summed E-state index contributed by atoms with van der Waals surface area (Å²) in [7, 11) is -15.3. The van der Waals surface area contributed by atoms with E-state index in [9.17, 15) is 33.6 Å². The van der Waals surface area contributed by atoms with Crippen molar-refractivity contribution in [1.29, 1.82) is 0 Å². The largest absolute Gasteiger partial charge is 2.00 e. The average Bonchev–Trinajstić information content (AvgIpc) is 3.28. The van der Waals surface area contributed by atoms with E-state index in [2.05, 4.69) is 147 Å². The predicted molar refractivity (Wildman–Crippen MR) is 270 cm³/mol. The Hall–Kier alpha value is -4.47. The second-order valence-corrected chi connectivity index (χ2v) is 21.5. The van der Waals surface area contributed by atoms with E-state index in [0.717, 1.165) is 5.56 Å². The standard InChI is InChI=1S/C19H16N3O2S.C18H15P.C12H18.CH2Cl2.F6P.Ru/c1-15-11-13-17(14-12-15)25(23,24)22-19-10-6-5-9-18(19)21-20-16-7-3-2-4-8-16;1-4-10-16(11-5-1)19(17-12-6-2-7-13-17)18-14-8-3-9-15-18;1-7-8(2)10(4)12(6)11(5)9(7)3;2-1-3;1-7(2,3,4,5)6;/h2-14H,1H3;1-15H;1-6H3;1H2;;/q-1;;;;-1;+2/p+1. The molecule has 67 heavy (non-hydrogen) atoms. The molecule has 5 nitrogen and oxygen atoms in total. The van der Waals surface area contributed by atoms with Crippen LogP contribution in [0.3, 0.4) is 0 Å². The van der Waals surface area contributed by atoms with E-state index < -0.39 is 25.8 Å². The third-order valence-corrected chi connectivity index (χ3v) is 14.0. The van der Waals surface area contributed by atoms with E-state index in [1.165, 1.54) is 49.3 Å². The average molecular weight is 1110 g/mol. The van der Waals surface area contributed by atoms with Crippen molar-refractivity contribution in [2.45, 2.75) is 53.4 Å². The fourth-order valence-corrected chi connectivity index (χ4v) is 9.70. The normalized spacial score (nSPS) is 11.9. The van der Waals surface area contributed by atoms with Crippen LogP contribution in [0.1, 0.15) is 38.9 Å². The molecule has 0 amide bonds. The van der Waals surface area contributed by atoms with Gasteiger partial charge in [0, 0.05) is 0 Å². The van der Waals surface area contributed by atoms with Crippen molar-refractivity contribution in [3.05, 3.63) is 214 Å². The number of alkyl halides is 2. The summed E-state index contributed by atoms with van der Waals surface area (Å²) in [5.74, 6) is 0. The molecule has 0 saturated carbocycles. The number of azo groups is 1. The number of aryl methyl sites for hydroxylation is 1. The van der Waals surface area contributed by atoms with Crippen LogP contribution in [-0.4, -0.2) is 13.8 Å². The maximum Gasteiger partial charge on any atom is 2.00 e. The van der Waals surface area contributed by atoms with E-state index in [4.69, 9.17) is 23.2 Å². The van der Waals surface area contributed by atoms with Gasteiger partial charge in [0.15, 0.2) is 0 Å². The Morgan fingerprint density at radius 2 is 0.776 bits per heavy atom. The SMILES string of the molecule is Cc1c(C)c(C)c(C)c(C)c1C.Cc1ccc(S(=O)(=O)[N-]c2ccccc2N=Nc2ccccc2)cc1.ClCCl.F[P-](F)(F)(F)(F)F.[Ru+2].c1ccc([PH+](c2ccccc2)c2ccccc2)cc1. The Balaban J connectivity index is 0.000000324. The van der Waals surface area contributed by atoms with Crippen LogP contribution in [0, 0.1) is 48.5 Å². The van der Waals surface area contributed by atoms with Gasteiger partial charge in [-0.1, -0.05) is 114 Å². The molecular formula is C50H52Cl2F6N3O2P2RuS+. The zero-order chi connectivity index (χ0) is 49.2. The second-order valence-electron chi connectivity index (χ2n) is 14.7. The summed E-state index contributed by atoms with van der Waals surface area (Å²) in [6.07, 6.45) is 0. The molecule has 7 rings (SSSR count). The predicted octanol–water partition coefficient (Wildman–Crippen LogP) is 17.3. The molecule has 0 N–H and O–H groups in total. The molecule has 7 aromatic carbocycles. The number of nitrogens with zero attached hydrogens (tertiary/aromatic N) is 3. The Kier molecular flexibility index (Phi) is 22.6. The molecule has 0 unspecified atom stereocenters. The number of halogens is 8. The van der Waals surface area contributed by atoms with E-state index in [0.29, 0.717) is 11.4 Å². The summed E-state index contributed by atoms with van der Waals surface area (Å²) in [5, 5.41) is 12.8. The number of sulfonamides is 1. The van der Waals surface area contributed by atoms with Crippen molar-refractivity contribution in [3.63, 3.8) is 0 Å². The molecule has 0 aliphatic heterocycles. The van der Waals surface area contributed by atoms with Gasteiger partial charge in [-0.25, -0.2) is 8.42 Å². The van der Waals surface area contributed by atoms with Gasteiger partial charge in [0.1, 0.15) is 25.9 Å². The van der Waals surface area contributed by atoms with Crippen molar-refractivity contribution in [1.82, 2.24) is 0 Å². The molecule has 0 radical (unpaired) electrons. The molecule has 0 aliphatic rings. The Labute approximate surface area is 414 Å². The molecule has 0 atom stereocenters. The van der Waals surface area contributed by atoms with E-state index in [1.54, 1.807) is 48.5 Å². The number of hydrogen-bond donors (Lipinski definition) is 0. The fraction of sp³-hybridized carbons (Fsp3) is 0.160. The minimum Gasteiger partial charge on any atom is -0.0620 e. The molecule has 0 aliphatic carbocycles. The van der Waals surface area contributed by atoms with E-state index in [1.807, 2.05) is 37.3 Å². The van der Waals surface area contributed by atoms with Crippen molar-refractivity contribution >= 4 is 81.9 Å². The van der Waals surface area contributed by atoms with Crippen LogP contribution in [0.5, 0.6) is 0 Å². The van der Waals surface area contributed by atoms with Crippen LogP contribution in [-0.2, 0) is 29.5 Å². The monoisotopic (exact) mass is 1110 g/mol. The van der Waals surface area contributed by atoms with Gasteiger partial charge in [0.2, 0.25) is 0 Å². The van der Waals surface area contributed by atoms with Gasteiger partial charge in [-0.15, -0.1) is 23.2 Å². The molecule has 17 heteroatoms. The molecule has 0 aromatic heterocycles. The molecule has 7 aromatic rings. The van der Waals surface area contributed by atoms with Crippen molar-refractivity contribution in [3.8, 4) is 0 Å². The zero-order valence-electron chi connectivity index (χ0n) is 37.8. The Bertz CT molecular complexity index is 2540. The first-order valence-corrected chi connectivity index (χ1v) is 26.2. The Morgan fingerprint density at radius 3 is 1.12 bits per heavy atom. The third kappa shape index (κ3) is 21.6. The summed E-state index contributed by atoms with van der Waals surface area (Å²) in [4.78, 5) is 0.146. The van der Waals surface area contributed by atoms with Gasteiger partial charge in [-0.05, 0) is 149 Å². The molecule has 0 heterocycles. The summed E-state index contributed by atoms with van der Waals surface area (Å²) in [5.41, 5.74) is 11.0. The fourth-order valence-electron chi connectivity index (χ4n) is 6.13. The quantitative estimate of drug-likeness (QED) is 0.0500. The van der Waals surface area contributed by atoms with E-state index in [-0.39, 0.29) is 35.4 Å². The molecule has 358 valence electrons. The van der Waals surface area contributed by atoms with Crippen LogP contribution in [0.15, 0.2) is 185 Å². The molecule has 0 fully saturated rings. The summed E-state index contributed by atoms with van der Waals surface area (Å²) >= 11 is 9.53. The summed E-state index contributed by atoms with van der Waals surface area (Å²) in [6.45, 7) is 15.2. The minimum absolute atomic E-state index is 0. The van der Waals surface area contributed by atoms with Gasteiger partial charge in [0.25, 0.3) is 0 Å². The first-order valence-electron chi connectivity index (χ1n) is 20.2. The zero-order valence-corrected chi connectivity index (χ0v) is 43.7. The topological polar surface area (TPSA) is 73.0 Å². The summed E-state index contributed by atoms with van der Waals surface area (Å²) in [6, 6.07) is 55.0. The van der Waals surface area contributed by atoms with Gasteiger partial charge >= 0.3 is 52.5 Å². The van der Waals surface area contributed by atoms with Crippen molar-refractivity contribution in [2.24, 2.45) is 10.2 Å². The Morgan fingerprint density at radius 1 is 0.478 bits per heavy atom. The van der Waals surface area contributed by atoms with E-state index >= 15 is 0 Å². The summed E-state index contributed by atoms with van der Waals surface area (Å²) < 4.78 is 88.1. The smallest absolute Gasteiger partial charge is 0.0620 e. The molecule has 0 saturated heterocycles. The van der Waals surface area contributed by atoms with Gasteiger partial charge in [-0.2, -0.15) is 10.2 Å².